The van der Waals surface area contributed by atoms with Crippen molar-refractivity contribution in [2.24, 2.45) is 0 Å². The summed E-state index contributed by atoms with van der Waals surface area (Å²) in [4.78, 5) is 32.2. The predicted octanol–water partition coefficient (Wildman–Crippen LogP) is 6.01. The molecular weight excluding hydrogens is 456 g/mol. The molecule has 7 nitrogen and oxygen atoms in total. The Labute approximate surface area is 206 Å². The van der Waals surface area contributed by atoms with E-state index in [1.807, 2.05) is 61.5 Å². The van der Waals surface area contributed by atoms with Crippen molar-refractivity contribution in [3.05, 3.63) is 107 Å². The van der Waals surface area contributed by atoms with Crippen molar-refractivity contribution in [3.8, 4) is 5.75 Å². The minimum Gasteiger partial charge on any atom is -0.503 e. The zero-order chi connectivity index (χ0) is 25.0. The van der Waals surface area contributed by atoms with Gasteiger partial charge in [0.1, 0.15) is 0 Å². The van der Waals surface area contributed by atoms with Crippen molar-refractivity contribution in [1.82, 2.24) is 4.98 Å². The monoisotopic (exact) mass is 478 g/mol. The van der Waals surface area contributed by atoms with Gasteiger partial charge in [0, 0.05) is 33.7 Å². The van der Waals surface area contributed by atoms with Crippen LogP contribution in [0, 0.1) is 6.92 Å². The molecule has 0 aliphatic carbocycles. The fourth-order valence-corrected chi connectivity index (χ4v) is 4.98. The molecule has 3 heterocycles. The third-order valence-corrected chi connectivity index (χ3v) is 6.70. The Morgan fingerprint density at radius 2 is 1.83 bits per heavy atom. The Hall–Kier alpha value is -4.78. The standard InChI is InChI=1S/C29H22N2O5/c1-16-8-3-6-12-21(16)31-25(19-15-30-20-11-5-4-10-18(19)20)24(27(33)29(31)34)26(32)23-14-17-9-7-13-22(35-2)28(17)36-23/h3-15,25,30,33H,1-2H3. The normalized spacial score (nSPS) is 15.9. The summed E-state index contributed by atoms with van der Waals surface area (Å²) in [6, 6.07) is 21.1. The maximum absolute atomic E-state index is 13.9. The number of benzene rings is 3. The molecule has 2 aromatic heterocycles. The summed E-state index contributed by atoms with van der Waals surface area (Å²) in [5, 5.41) is 12.6. The van der Waals surface area contributed by atoms with Crippen LogP contribution in [-0.2, 0) is 4.79 Å². The van der Waals surface area contributed by atoms with Gasteiger partial charge in [-0.15, -0.1) is 0 Å². The number of ether oxygens (including phenoxy) is 1. The maximum atomic E-state index is 13.9. The van der Waals surface area contributed by atoms with Gasteiger partial charge in [0.25, 0.3) is 5.91 Å². The van der Waals surface area contributed by atoms with Gasteiger partial charge >= 0.3 is 0 Å². The number of aromatic amines is 1. The lowest BCUT2D eigenvalue weighted by molar-refractivity contribution is -0.117. The van der Waals surface area contributed by atoms with E-state index in [2.05, 4.69) is 4.98 Å². The van der Waals surface area contributed by atoms with Gasteiger partial charge in [0.05, 0.1) is 18.7 Å². The van der Waals surface area contributed by atoms with Crippen molar-refractivity contribution in [1.29, 1.82) is 0 Å². The number of rotatable bonds is 5. The number of aryl methyl sites for hydroxylation is 1. The fourth-order valence-electron chi connectivity index (χ4n) is 4.98. The second-order valence-corrected chi connectivity index (χ2v) is 8.73. The number of hydrogen-bond donors (Lipinski definition) is 2. The highest BCUT2D eigenvalue weighted by Gasteiger charge is 2.46. The van der Waals surface area contributed by atoms with E-state index in [4.69, 9.17) is 9.15 Å². The van der Waals surface area contributed by atoms with E-state index in [1.165, 1.54) is 12.0 Å². The fraction of sp³-hybridized carbons (Fsp3) is 0.103. The van der Waals surface area contributed by atoms with E-state index < -0.39 is 23.5 Å². The number of fused-ring (bicyclic) bond motifs is 2. The molecule has 0 radical (unpaired) electrons. The number of aliphatic hydroxyl groups excluding tert-OH is 1. The summed E-state index contributed by atoms with van der Waals surface area (Å²) in [5.74, 6) is -1.30. The van der Waals surface area contributed by atoms with Crippen LogP contribution in [0.4, 0.5) is 5.69 Å². The summed E-state index contributed by atoms with van der Waals surface area (Å²) < 4.78 is 11.3. The topological polar surface area (TPSA) is 95.8 Å². The number of H-pyrrole nitrogens is 1. The largest absolute Gasteiger partial charge is 0.503 e. The predicted molar refractivity (Wildman–Crippen MR) is 136 cm³/mol. The van der Waals surface area contributed by atoms with E-state index in [1.54, 1.807) is 24.4 Å². The third-order valence-electron chi connectivity index (χ3n) is 6.70. The third kappa shape index (κ3) is 3.13. The molecule has 1 aliphatic rings. The quantitative estimate of drug-likeness (QED) is 0.302. The molecule has 0 spiro atoms. The van der Waals surface area contributed by atoms with Crippen LogP contribution in [0.15, 0.2) is 94.7 Å². The molecule has 178 valence electrons. The van der Waals surface area contributed by atoms with Crippen LogP contribution in [0.1, 0.15) is 27.7 Å². The number of nitrogens with zero attached hydrogens (tertiary/aromatic N) is 1. The van der Waals surface area contributed by atoms with Crippen molar-refractivity contribution in [2.75, 3.05) is 12.0 Å². The number of furan rings is 1. The van der Waals surface area contributed by atoms with E-state index in [9.17, 15) is 14.7 Å². The van der Waals surface area contributed by atoms with Crippen LogP contribution < -0.4 is 9.64 Å². The SMILES string of the molecule is COc1cccc2cc(C(=O)C3=C(O)C(=O)N(c4ccccc4C)C3c3c[nH]c4ccccc34)oc12. The summed E-state index contributed by atoms with van der Waals surface area (Å²) in [5.41, 5.74) is 3.39. The number of carbonyl (C=O) groups is 2. The first kappa shape index (κ1) is 21.7. The molecular formula is C29H22N2O5. The lowest BCUT2D eigenvalue weighted by Crippen LogP contribution is -2.31. The maximum Gasteiger partial charge on any atom is 0.294 e. The Balaban J connectivity index is 1.56. The van der Waals surface area contributed by atoms with Crippen LogP contribution in [0.5, 0.6) is 5.75 Å². The Kier molecular flexibility index (Phi) is 4.93. The van der Waals surface area contributed by atoms with Crippen LogP contribution in [0.2, 0.25) is 0 Å². The number of hydrogen-bond acceptors (Lipinski definition) is 5. The summed E-state index contributed by atoms with van der Waals surface area (Å²) in [6.07, 6.45) is 1.78. The lowest BCUT2D eigenvalue weighted by atomic mass is 9.94. The van der Waals surface area contributed by atoms with Gasteiger partial charge in [-0.2, -0.15) is 0 Å². The van der Waals surface area contributed by atoms with Gasteiger partial charge in [-0.3, -0.25) is 14.5 Å². The second kappa shape index (κ2) is 8.16. The van der Waals surface area contributed by atoms with Gasteiger partial charge in [-0.25, -0.2) is 0 Å². The van der Waals surface area contributed by atoms with Crippen LogP contribution in [-0.4, -0.2) is 28.9 Å². The van der Waals surface area contributed by atoms with E-state index >= 15 is 0 Å². The lowest BCUT2D eigenvalue weighted by Gasteiger charge is -2.27. The molecule has 1 amide bonds. The molecule has 7 heteroatoms. The molecule has 1 atom stereocenters. The molecule has 0 bridgehead atoms. The van der Waals surface area contributed by atoms with Gasteiger partial charge < -0.3 is 19.2 Å². The number of methoxy groups -OCH3 is 1. The highest BCUT2D eigenvalue weighted by atomic mass is 16.5. The zero-order valence-electron chi connectivity index (χ0n) is 19.6. The molecule has 1 unspecified atom stereocenters. The molecule has 3 aromatic carbocycles. The van der Waals surface area contributed by atoms with Gasteiger partial charge in [-0.1, -0.05) is 48.5 Å². The van der Waals surface area contributed by atoms with Gasteiger partial charge in [0.15, 0.2) is 22.9 Å². The first-order chi connectivity index (χ1) is 17.5. The first-order valence-corrected chi connectivity index (χ1v) is 11.5. The average molecular weight is 479 g/mol. The minimum absolute atomic E-state index is 0.0142. The highest BCUT2D eigenvalue weighted by molar-refractivity contribution is 6.21. The smallest absolute Gasteiger partial charge is 0.294 e. The Bertz CT molecular complexity index is 1710. The number of nitrogens with one attached hydrogen (secondary N) is 1. The minimum atomic E-state index is -0.864. The first-order valence-electron chi connectivity index (χ1n) is 11.5. The number of anilines is 1. The molecule has 5 aromatic rings. The van der Waals surface area contributed by atoms with Crippen molar-refractivity contribution in [2.45, 2.75) is 13.0 Å². The number of amides is 1. The summed E-state index contributed by atoms with van der Waals surface area (Å²) >= 11 is 0. The molecule has 6 rings (SSSR count). The van der Waals surface area contributed by atoms with E-state index in [0.29, 0.717) is 28.0 Å². The van der Waals surface area contributed by atoms with Gasteiger partial charge in [-0.05, 0) is 36.8 Å². The summed E-state index contributed by atoms with van der Waals surface area (Å²) in [6.45, 7) is 1.89. The Morgan fingerprint density at radius 1 is 1.06 bits per heavy atom. The number of ketones is 1. The second-order valence-electron chi connectivity index (χ2n) is 8.73. The van der Waals surface area contributed by atoms with Crippen molar-refractivity contribution >= 4 is 39.2 Å². The van der Waals surface area contributed by atoms with Gasteiger partial charge in [0.2, 0.25) is 5.78 Å². The van der Waals surface area contributed by atoms with E-state index in [0.717, 1.165) is 16.5 Å². The van der Waals surface area contributed by atoms with Crippen LogP contribution in [0.25, 0.3) is 21.9 Å². The molecule has 36 heavy (non-hydrogen) atoms. The zero-order valence-corrected chi connectivity index (χ0v) is 19.6. The molecule has 0 saturated carbocycles. The van der Waals surface area contributed by atoms with E-state index in [-0.39, 0.29) is 11.3 Å². The average Bonchev–Trinajstić information content (AvgIpc) is 3.58. The number of Topliss-reactive ketones (excluding diaryl/α,β-unsaturated/α-hetero) is 1. The van der Waals surface area contributed by atoms with Crippen molar-refractivity contribution in [3.63, 3.8) is 0 Å². The Morgan fingerprint density at radius 3 is 2.64 bits per heavy atom. The molecule has 2 N–H and O–H groups in total. The number of aromatic nitrogens is 1. The van der Waals surface area contributed by atoms with Crippen LogP contribution in [0.3, 0.4) is 0 Å². The number of aliphatic hydroxyl groups is 1. The van der Waals surface area contributed by atoms with Crippen LogP contribution >= 0.6 is 0 Å². The molecule has 1 aliphatic heterocycles. The molecule has 0 saturated heterocycles. The van der Waals surface area contributed by atoms with Crippen molar-refractivity contribution < 1.29 is 23.8 Å². The number of carbonyl (C=O) groups excluding carboxylic acids is 2. The summed E-state index contributed by atoms with van der Waals surface area (Å²) in [7, 11) is 1.52. The number of para-hydroxylation sites is 3. The molecule has 0 fully saturated rings. The highest BCUT2D eigenvalue weighted by Crippen LogP contribution is 2.45.